The Bertz CT molecular complexity index is 1050. The molecule has 3 heteroatoms. The second-order valence-corrected chi connectivity index (χ2v) is 9.41. The molecule has 0 nitrogen and oxygen atoms in total. The second kappa shape index (κ2) is 10.6. The fourth-order valence-corrected chi connectivity index (χ4v) is 5.27. The Morgan fingerprint density at radius 2 is 1.47 bits per heavy atom. The Hall–Kier alpha value is -2.29. The van der Waals surface area contributed by atoms with Crippen molar-refractivity contribution < 1.29 is 13.2 Å². The van der Waals surface area contributed by atoms with Crippen LogP contribution in [0.2, 0.25) is 0 Å². The van der Waals surface area contributed by atoms with Gasteiger partial charge >= 0.3 is 0 Å². The molecule has 1 aliphatic carbocycles. The minimum atomic E-state index is -0.810. The normalized spacial score (nSPS) is 18.9. The summed E-state index contributed by atoms with van der Waals surface area (Å²) < 4.78 is 42.3. The van der Waals surface area contributed by atoms with Gasteiger partial charge in [-0.25, -0.2) is 13.2 Å². The molecule has 170 valence electrons. The number of halogens is 3. The smallest absolute Gasteiger partial charge is 0.166 e. The van der Waals surface area contributed by atoms with E-state index in [1.807, 2.05) is 18.2 Å². The van der Waals surface area contributed by atoms with E-state index in [0.717, 1.165) is 55.0 Å². The van der Waals surface area contributed by atoms with Crippen LogP contribution in [0.3, 0.4) is 0 Å². The van der Waals surface area contributed by atoms with Crippen molar-refractivity contribution in [3.63, 3.8) is 0 Å². The molecule has 1 fully saturated rings. The van der Waals surface area contributed by atoms with E-state index >= 15 is 0 Å². The predicted molar refractivity (Wildman–Crippen MR) is 127 cm³/mol. The van der Waals surface area contributed by atoms with Gasteiger partial charge in [0.25, 0.3) is 0 Å². The summed E-state index contributed by atoms with van der Waals surface area (Å²) in [6.07, 6.45) is 11.0. The summed E-state index contributed by atoms with van der Waals surface area (Å²) in [4.78, 5) is 0. The average molecular weight is 439 g/mol. The molecule has 0 spiro atoms. The highest BCUT2D eigenvalue weighted by Crippen LogP contribution is 2.42. The van der Waals surface area contributed by atoms with Gasteiger partial charge in [-0.05, 0) is 84.6 Å². The third-order valence-electron chi connectivity index (χ3n) is 7.20. The Kier molecular flexibility index (Phi) is 7.55. The standard InChI is InChI=1S/C29H33F3/c1-2-3-4-5-6-7-20-8-15-25(28(31)18-20)22-11-9-21(10-12-22)23-13-16-26-24(19-23)14-17-27(30)29(26)32/h8,13-19,21-22H,2-7,9-12H2,1H3. The van der Waals surface area contributed by atoms with Gasteiger partial charge in [-0.1, -0.05) is 69.0 Å². The van der Waals surface area contributed by atoms with E-state index in [-0.39, 0.29) is 11.7 Å². The summed E-state index contributed by atoms with van der Waals surface area (Å²) >= 11 is 0. The van der Waals surface area contributed by atoms with Crippen LogP contribution in [0.25, 0.3) is 10.8 Å². The first-order valence-corrected chi connectivity index (χ1v) is 12.2. The van der Waals surface area contributed by atoms with Crippen molar-refractivity contribution >= 4 is 10.8 Å². The maximum atomic E-state index is 14.9. The van der Waals surface area contributed by atoms with Crippen LogP contribution in [0, 0.1) is 17.5 Å². The van der Waals surface area contributed by atoms with E-state index in [2.05, 4.69) is 13.0 Å². The molecule has 0 saturated heterocycles. The number of rotatable bonds is 8. The largest absolute Gasteiger partial charge is 0.207 e. The number of hydrogen-bond donors (Lipinski definition) is 0. The number of fused-ring (bicyclic) bond motifs is 1. The molecule has 0 aromatic heterocycles. The van der Waals surface area contributed by atoms with Crippen LogP contribution in [-0.2, 0) is 6.42 Å². The Morgan fingerprint density at radius 3 is 2.22 bits per heavy atom. The van der Waals surface area contributed by atoms with Crippen LogP contribution in [0.5, 0.6) is 0 Å². The molecule has 0 radical (unpaired) electrons. The fourth-order valence-electron chi connectivity index (χ4n) is 5.27. The Labute approximate surface area is 189 Å². The predicted octanol–water partition coefficient (Wildman–Crippen LogP) is 9.21. The molecule has 1 aliphatic rings. The summed E-state index contributed by atoms with van der Waals surface area (Å²) in [6.45, 7) is 2.22. The van der Waals surface area contributed by atoms with Crippen molar-refractivity contribution in [3.05, 3.63) is 82.7 Å². The van der Waals surface area contributed by atoms with Gasteiger partial charge in [-0.15, -0.1) is 0 Å². The van der Waals surface area contributed by atoms with E-state index in [1.54, 1.807) is 18.2 Å². The van der Waals surface area contributed by atoms with Gasteiger partial charge in [0.15, 0.2) is 11.6 Å². The van der Waals surface area contributed by atoms with E-state index < -0.39 is 11.6 Å². The van der Waals surface area contributed by atoms with Crippen LogP contribution < -0.4 is 0 Å². The molecule has 0 N–H and O–H groups in total. The molecule has 0 aliphatic heterocycles. The summed E-state index contributed by atoms with van der Waals surface area (Å²) in [6, 6.07) is 14.3. The summed E-state index contributed by atoms with van der Waals surface area (Å²) in [7, 11) is 0. The van der Waals surface area contributed by atoms with E-state index in [4.69, 9.17) is 0 Å². The van der Waals surface area contributed by atoms with Gasteiger partial charge in [0.1, 0.15) is 5.82 Å². The van der Waals surface area contributed by atoms with E-state index in [1.165, 1.54) is 37.3 Å². The number of unbranched alkanes of at least 4 members (excludes halogenated alkanes) is 4. The summed E-state index contributed by atoms with van der Waals surface area (Å²) in [5.41, 5.74) is 3.13. The first-order chi connectivity index (χ1) is 15.6. The van der Waals surface area contributed by atoms with Gasteiger partial charge in [-0.2, -0.15) is 0 Å². The molecule has 0 amide bonds. The minimum absolute atomic E-state index is 0.0530. The Balaban J connectivity index is 1.36. The average Bonchev–Trinajstić information content (AvgIpc) is 2.81. The van der Waals surface area contributed by atoms with E-state index in [0.29, 0.717) is 11.3 Å². The lowest BCUT2D eigenvalue weighted by molar-refractivity contribution is 0.387. The van der Waals surface area contributed by atoms with Crippen molar-refractivity contribution in [3.8, 4) is 0 Å². The van der Waals surface area contributed by atoms with Gasteiger partial charge in [0.05, 0.1) is 0 Å². The van der Waals surface area contributed by atoms with Gasteiger partial charge in [0, 0.05) is 5.39 Å². The molecule has 0 unspecified atom stereocenters. The quantitative estimate of drug-likeness (QED) is 0.307. The molecule has 3 aromatic rings. The highest BCUT2D eigenvalue weighted by atomic mass is 19.2. The topological polar surface area (TPSA) is 0 Å². The van der Waals surface area contributed by atoms with Crippen LogP contribution in [0.1, 0.15) is 93.2 Å². The van der Waals surface area contributed by atoms with Crippen LogP contribution >= 0.6 is 0 Å². The summed E-state index contributed by atoms with van der Waals surface area (Å²) in [5, 5.41) is 1.06. The first-order valence-electron chi connectivity index (χ1n) is 12.2. The number of hydrogen-bond acceptors (Lipinski definition) is 0. The number of benzene rings is 3. The highest BCUT2D eigenvalue weighted by molar-refractivity contribution is 5.84. The van der Waals surface area contributed by atoms with Gasteiger partial charge < -0.3 is 0 Å². The minimum Gasteiger partial charge on any atom is -0.207 e. The highest BCUT2D eigenvalue weighted by Gasteiger charge is 2.25. The fraction of sp³-hybridized carbons (Fsp3) is 0.448. The SMILES string of the molecule is CCCCCCCc1ccc(C2CCC(c3ccc4c(F)c(F)ccc4c3)CC2)c(F)c1. The molecule has 0 bridgehead atoms. The van der Waals surface area contributed by atoms with Crippen molar-refractivity contribution in [2.45, 2.75) is 83.0 Å². The maximum absolute atomic E-state index is 14.9. The number of aryl methyl sites for hydroxylation is 1. The van der Waals surface area contributed by atoms with E-state index in [9.17, 15) is 13.2 Å². The zero-order chi connectivity index (χ0) is 22.5. The zero-order valence-electron chi connectivity index (χ0n) is 19.0. The lowest BCUT2D eigenvalue weighted by Gasteiger charge is -2.29. The molecule has 1 saturated carbocycles. The lowest BCUT2D eigenvalue weighted by atomic mass is 9.75. The molecular formula is C29H33F3. The van der Waals surface area contributed by atoms with Crippen molar-refractivity contribution in [2.24, 2.45) is 0 Å². The third-order valence-corrected chi connectivity index (χ3v) is 7.20. The lowest BCUT2D eigenvalue weighted by Crippen LogP contribution is -2.13. The molecule has 4 rings (SSSR count). The van der Waals surface area contributed by atoms with Crippen molar-refractivity contribution in [1.29, 1.82) is 0 Å². The molecular weight excluding hydrogens is 405 g/mol. The van der Waals surface area contributed by atoms with Gasteiger partial charge in [-0.3, -0.25) is 0 Å². The molecule has 0 atom stereocenters. The maximum Gasteiger partial charge on any atom is 0.166 e. The summed E-state index contributed by atoms with van der Waals surface area (Å²) in [5.74, 6) is -0.998. The van der Waals surface area contributed by atoms with Crippen LogP contribution in [0.15, 0.2) is 48.5 Å². The molecule has 32 heavy (non-hydrogen) atoms. The second-order valence-electron chi connectivity index (χ2n) is 9.41. The first kappa shape index (κ1) is 22.9. The van der Waals surface area contributed by atoms with Gasteiger partial charge in [0.2, 0.25) is 0 Å². The van der Waals surface area contributed by atoms with Crippen LogP contribution in [0.4, 0.5) is 13.2 Å². The van der Waals surface area contributed by atoms with Crippen molar-refractivity contribution in [1.82, 2.24) is 0 Å². The molecule has 3 aromatic carbocycles. The molecule has 0 heterocycles. The van der Waals surface area contributed by atoms with Crippen LogP contribution in [-0.4, -0.2) is 0 Å². The van der Waals surface area contributed by atoms with Crippen molar-refractivity contribution in [2.75, 3.05) is 0 Å². The zero-order valence-corrected chi connectivity index (χ0v) is 19.0. The monoisotopic (exact) mass is 438 g/mol. The third kappa shape index (κ3) is 5.19. The Morgan fingerprint density at radius 1 is 0.719 bits per heavy atom.